The van der Waals surface area contributed by atoms with Crippen molar-refractivity contribution in [1.29, 1.82) is 0 Å². The van der Waals surface area contributed by atoms with Crippen molar-refractivity contribution in [3.63, 3.8) is 0 Å². The highest BCUT2D eigenvalue weighted by atomic mass is 16.2. The quantitative estimate of drug-likeness (QED) is 0.773. The van der Waals surface area contributed by atoms with Gasteiger partial charge in [0.1, 0.15) is 5.54 Å². The highest BCUT2D eigenvalue weighted by Crippen LogP contribution is 2.42. The predicted molar refractivity (Wildman–Crippen MR) is 91.8 cm³/mol. The molecule has 1 aromatic carbocycles. The lowest BCUT2D eigenvalue weighted by atomic mass is 9.75. The van der Waals surface area contributed by atoms with E-state index in [2.05, 4.69) is 0 Å². The van der Waals surface area contributed by atoms with Gasteiger partial charge >= 0.3 is 6.03 Å². The van der Waals surface area contributed by atoms with E-state index in [1.54, 1.807) is 4.90 Å². The van der Waals surface area contributed by atoms with Crippen LogP contribution in [0, 0.1) is 11.8 Å². The molecule has 0 N–H and O–H groups in total. The summed E-state index contributed by atoms with van der Waals surface area (Å²) in [6.45, 7) is 12.4. The molecular formula is C19H28N2O2. The van der Waals surface area contributed by atoms with E-state index < -0.39 is 5.54 Å². The van der Waals surface area contributed by atoms with Gasteiger partial charge in [0.25, 0.3) is 5.91 Å². The van der Waals surface area contributed by atoms with Crippen LogP contribution in [0.4, 0.5) is 4.79 Å². The van der Waals surface area contributed by atoms with Crippen molar-refractivity contribution >= 4 is 11.9 Å². The Morgan fingerprint density at radius 2 is 1.43 bits per heavy atom. The van der Waals surface area contributed by atoms with Gasteiger partial charge in [-0.05, 0) is 31.2 Å². The molecule has 1 aliphatic heterocycles. The Morgan fingerprint density at radius 3 is 1.87 bits per heavy atom. The summed E-state index contributed by atoms with van der Waals surface area (Å²) in [5, 5.41) is 0. The minimum atomic E-state index is -0.781. The molecule has 0 atom stereocenters. The molecule has 1 aliphatic rings. The normalized spacial score (nSPS) is 18.0. The van der Waals surface area contributed by atoms with Gasteiger partial charge in [0.2, 0.25) is 0 Å². The highest BCUT2D eigenvalue weighted by molar-refractivity contribution is 6.07. The highest BCUT2D eigenvalue weighted by Gasteiger charge is 2.60. The fourth-order valence-corrected chi connectivity index (χ4v) is 3.89. The summed E-state index contributed by atoms with van der Waals surface area (Å²) in [6, 6.07) is 9.58. The van der Waals surface area contributed by atoms with Crippen LogP contribution in [-0.4, -0.2) is 33.3 Å². The molecule has 0 saturated carbocycles. The summed E-state index contributed by atoms with van der Waals surface area (Å²) in [6.07, 6.45) is 0. The minimum absolute atomic E-state index is 0.0476. The molecule has 0 bridgehead atoms. The summed E-state index contributed by atoms with van der Waals surface area (Å²) in [5.74, 6) is 0.0382. The maximum Gasteiger partial charge on any atom is 0.328 e. The van der Waals surface area contributed by atoms with E-state index in [-0.39, 0.29) is 29.8 Å². The number of benzene rings is 1. The molecule has 4 nitrogen and oxygen atoms in total. The monoisotopic (exact) mass is 316 g/mol. The van der Waals surface area contributed by atoms with Crippen LogP contribution in [0.25, 0.3) is 0 Å². The van der Waals surface area contributed by atoms with Gasteiger partial charge in [-0.2, -0.15) is 0 Å². The largest absolute Gasteiger partial charge is 0.328 e. The first-order chi connectivity index (χ1) is 10.7. The Balaban J connectivity index is 2.54. The van der Waals surface area contributed by atoms with Crippen molar-refractivity contribution in [2.45, 2.75) is 59.7 Å². The number of amides is 3. The average Bonchev–Trinajstić information content (AvgIpc) is 2.68. The Labute approximate surface area is 139 Å². The second-order valence-corrected chi connectivity index (χ2v) is 7.26. The Bertz CT molecular complexity index is 570. The van der Waals surface area contributed by atoms with Crippen molar-refractivity contribution in [2.75, 3.05) is 0 Å². The van der Waals surface area contributed by atoms with Crippen LogP contribution < -0.4 is 0 Å². The first-order valence-corrected chi connectivity index (χ1v) is 8.43. The summed E-state index contributed by atoms with van der Waals surface area (Å²) >= 11 is 0. The fourth-order valence-electron chi connectivity index (χ4n) is 3.89. The van der Waals surface area contributed by atoms with Gasteiger partial charge in [0.15, 0.2) is 0 Å². The van der Waals surface area contributed by atoms with Crippen molar-refractivity contribution in [3.8, 4) is 0 Å². The van der Waals surface area contributed by atoms with E-state index in [1.165, 1.54) is 4.90 Å². The van der Waals surface area contributed by atoms with Gasteiger partial charge < -0.3 is 4.90 Å². The van der Waals surface area contributed by atoms with Crippen LogP contribution >= 0.6 is 0 Å². The zero-order valence-electron chi connectivity index (χ0n) is 15.0. The summed E-state index contributed by atoms with van der Waals surface area (Å²) in [5.41, 5.74) is 0.266. The van der Waals surface area contributed by atoms with Crippen LogP contribution in [0.15, 0.2) is 30.3 Å². The fraction of sp³-hybridized carbons (Fsp3) is 0.579. The Morgan fingerprint density at radius 1 is 0.913 bits per heavy atom. The zero-order chi connectivity index (χ0) is 17.4. The van der Waals surface area contributed by atoms with Crippen molar-refractivity contribution in [3.05, 3.63) is 35.9 Å². The SMILES string of the molecule is CC(C)N1C(=O)N(Cc2ccccc2)C(C(C)C)(C(C)C)C1=O. The number of hydrogen-bond acceptors (Lipinski definition) is 2. The van der Waals surface area contributed by atoms with E-state index in [1.807, 2.05) is 71.9 Å². The number of imide groups is 1. The molecule has 126 valence electrons. The zero-order valence-corrected chi connectivity index (χ0v) is 15.0. The number of hydrogen-bond donors (Lipinski definition) is 0. The molecule has 4 heteroatoms. The summed E-state index contributed by atoms with van der Waals surface area (Å²) in [7, 11) is 0. The first-order valence-electron chi connectivity index (χ1n) is 8.43. The second-order valence-electron chi connectivity index (χ2n) is 7.26. The van der Waals surface area contributed by atoms with Gasteiger partial charge in [-0.15, -0.1) is 0 Å². The molecule has 1 fully saturated rings. The lowest BCUT2D eigenvalue weighted by Crippen LogP contribution is -2.57. The van der Waals surface area contributed by atoms with Crippen molar-refractivity contribution < 1.29 is 9.59 Å². The van der Waals surface area contributed by atoms with E-state index >= 15 is 0 Å². The molecule has 0 spiro atoms. The third-order valence-corrected chi connectivity index (χ3v) is 4.91. The molecule has 1 aromatic rings. The van der Waals surface area contributed by atoms with Gasteiger partial charge in [-0.25, -0.2) is 4.79 Å². The molecule has 0 unspecified atom stereocenters. The molecule has 2 rings (SSSR count). The van der Waals surface area contributed by atoms with Crippen LogP contribution in [0.2, 0.25) is 0 Å². The Kier molecular flexibility index (Phi) is 4.83. The number of carbonyl (C=O) groups excluding carboxylic acids is 2. The lowest BCUT2D eigenvalue weighted by Gasteiger charge is -2.42. The van der Waals surface area contributed by atoms with Crippen LogP contribution in [-0.2, 0) is 11.3 Å². The second kappa shape index (κ2) is 6.34. The molecule has 1 heterocycles. The van der Waals surface area contributed by atoms with Crippen molar-refractivity contribution in [2.24, 2.45) is 11.8 Å². The van der Waals surface area contributed by atoms with E-state index in [9.17, 15) is 9.59 Å². The number of nitrogens with zero attached hydrogens (tertiary/aromatic N) is 2. The van der Waals surface area contributed by atoms with Gasteiger partial charge in [-0.3, -0.25) is 9.69 Å². The molecule has 0 aromatic heterocycles. The lowest BCUT2D eigenvalue weighted by molar-refractivity contribution is -0.139. The van der Waals surface area contributed by atoms with Gasteiger partial charge in [-0.1, -0.05) is 58.0 Å². The average molecular weight is 316 g/mol. The van der Waals surface area contributed by atoms with E-state index in [0.717, 1.165) is 5.56 Å². The number of carbonyl (C=O) groups is 2. The first kappa shape index (κ1) is 17.5. The number of urea groups is 1. The topological polar surface area (TPSA) is 40.6 Å². The standard InChI is InChI=1S/C19H28N2O2/c1-13(2)19(14(3)4)17(22)21(15(5)6)18(23)20(19)12-16-10-8-7-9-11-16/h7-11,13-15H,12H2,1-6H3. The molecule has 1 saturated heterocycles. The molecular weight excluding hydrogens is 288 g/mol. The maximum atomic E-state index is 13.2. The molecule has 3 amide bonds. The predicted octanol–water partition coefficient (Wildman–Crippen LogP) is 3.91. The molecule has 23 heavy (non-hydrogen) atoms. The van der Waals surface area contributed by atoms with Crippen LogP contribution in [0.3, 0.4) is 0 Å². The van der Waals surface area contributed by atoms with E-state index in [0.29, 0.717) is 6.54 Å². The summed E-state index contributed by atoms with van der Waals surface area (Å²) in [4.78, 5) is 29.5. The van der Waals surface area contributed by atoms with Crippen LogP contribution in [0.5, 0.6) is 0 Å². The molecule has 0 radical (unpaired) electrons. The Hall–Kier alpha value is -1.84. The maximum absolute atomic E-state index is 13.2. The minimum Gasteiger partial charge on any atom is -0.305 e. The smallest absolute Gasteiger partial charge is 0.305 e. The summed E-state index contributed by atoms with van der Waals surface area (Å²) < 4.78 is 0. The van der Waals surface area contributed by atoms with Crippen molar-refractivity contribution in [1.82, 2.24) is 9.80 Å². The van der Waals surface area contributed by atoms with Gasteiger partial charge in [0.05, 0.1) is 0 Å². The number of rotatable bonds is 5. The van der Waals surface area contributed by atoms with E-state index in [4.69, 9.17) is 0 Å². The van der Waals surface area contributed by atoms with Gasteiger partial charge in [0, 0.05) is 12.6 Å². The molecule has 0 aliphatic carbocycles. The van der Waals surface area contributed by atoms with Crippen LogP contribution in [0.1, 0.15) is 47.1 Å². The third kappa shape index (κ3) is 2.64. The third-order valence-electron chi connectivity index (χ3n) is 4.91.